The molecule has 0 bridgehead atoms. The van der Waals surface area contributed by atoms with Crippen LogP contribution in [0.5, 0.6) is 0 Å². The van der Waals surface area contributed by atoms with Crippen molar-refractivity contribution >= 4 is 17.9 Å². The molecule has 262 valence electrons. The van der Waals surface area contributed by atoms with E-state index in [2.05, 4.69) is 15.7 Å². The smallest absolute Gasteiger partial charge is 0.407 e. The summed E-state index contributed by atoms with van der Waals surface area (Å²) in [6, 6.07) is 26.3. The van der Waals surface area contributed by atoms with E-state index < -0.39 is 47.6 Å². The molecule has 1 heterocycles. The molecule has 1 aromatic heterocycles. The van der Waals surface area contributed by atoms with Crippen LogP contribution < -0.4 is 10.7 Å². The average Bonchev–Trinajstić information content (AvgIpc) is 3.56. The first kappa shape index (κ1) is 36.2. The fraction of sp³-hybridized carbons (Fsp3) is 0.333. The molecule has 1 aliphatic rings. The fourth-order valence-corrected chi connectivity index (χ4v) is 6.23. The van der Waals surface area contributed by atoms with Crippen LogP contribution in [0, 0.1) is 5.41 Å². The second kappa shape index (κ2) is 15.6. The third kappa shape index (κ3) is 8.54. The summed E-state index contributed by atoms with van der Waals surface area (Å²) < 4.78 is 4.83. The fourth-order valence-electron chi connectivity index (χ4n) is 6.23. The maximum absolute atomic E-state index is 14.3. The largest absolute Gasteiger partial charge is 0.453 e. The zero-order valence-electron chi connectivity index (χ0n) is 28.9. The van der Waals surface area contributed by atoms with Crippen molar-refractivity contribution in [3.8, 4) is 11.1 Å². The normalized spacial score (nSPS) is 15.7. The predicted molar refractivity (Wildman–Crippen MR) is 188 cm³/mol. The molecule has 1 unspecified atom stereocenters. The first-order chi connectivity index (χ1) is 23.9. The highest BCUT2D eigenvalue weighted by atomic mass is 16.5. The second-order valence-corrected chi connectivity index (χ2v) is 13.7. The lowest BCUT2D eigenvalue weighted by molar-refractivity contribution is -0.197. The number of hydrazine groups is 1. The van der Waals surface area contributed by atoms with Gasteiger partial charge in [-0.05, 0) is 57.7 Å². The van der Waals surface area contributed by atoms with E-state index in [4.69, 9.17) is 4.74 Å². The summed E-state index contributed by atoms with van der Waals surface area (Å²) in [5.74, 6) is -1.41. The van der Waals surface area contributed by atoms with Gasteiger partial charge < -0.3 is 15.2 Å². The number of aryl methyl sites for hydroxylation is 1. The van der Waals surface area contributed by atoms with E-state index in [0.29, 0.717) is 23.5 Å². The number of aliphatic hydroxyl groups is 1. The van der Waals surface area contributed by atoms with Gasteiger partial charge in [0.15, 0.2) is 5.60 Å². The molecule has 1 aliphatic carbocycles. The van der Waals surface area contributed by atoms with E-state index in [-0.39, 0.29) is 13.0 Å². The first-order valence-corrected chi connectivity index (χ1v) is 16.6. The summed E-state index contributed by atoms with van der Waals surface area (Å²) in [5.41, 5.74) is 5.25. The Morgan fingerprint density at radius 2 is 1.62 bits per heavy atom. The number of benzene rings is 3. The molecule has 11 nitrogen and oxygen atoms in total. The molecule has 3 atom stereocenters. The van der Waals surface area contributed by atoms with E-state index in [1.54, 1.807) is 36.7 Å². The van der Waals surface area contributed by atoms with Crippen LogP contribution in [0.2, 0.25) is 0 Å². The molecule has 50 heavy (non-hydrogen) atoms. The van der Waals surface area contributed by atoms with Gasteiger partial charge in [0.05, 0.1) is 26.2 Å². The summed E-state index contributed by atoms with van der Waals surface area (Å²) in [7, 11) is 1.22. The topological polar surface area (TPSA) is 144 Å². The van der Waals surface area contributed by atoms with Gasteiger partial charge in [-0.3, -0.25) is 24.8 Å². The van der Waals surface area contributed by atoms with Crippen LogP contribution in [-0.2, 0) is 33.7 Å². The lowest BCUT2D eigenvalue weighted by Gasteiger charge is -2.38. The maximum atomic E-state index is 14.3. The minimum atomic E-state index is -2.18. The molecule has 11 heteroatoms. The van der Waals surface area contributed by atoms with Gasteiger partial charge in [-0.1, -0.05) is 106 Å². The van der Waals surface area contributed by atoms with Gasteiger partial charge in [0.2, 0.25) is 0 Å². The molecule has 3 aromatic carbocycles. The standard InChI is InChI=1S/C39H45N5O6/c1-38(2,3)34(42-37(47)50-4)35(45)43(25-28-16-18-29(19-17-28)31-14-10-22-40-24-31)41-26-39(48,23-27-11-6-5-7-12-27)36(46)44(49)33-21-20-30-13-8-9-15-32(30)33/h5-19,22,24,33-34,41,48-49H,20-21,23,25-26H2,1-4H3,(H,42,47)/t33?,34-,39+/m1/s1. The predicted octanol–water partition coefficient (Wildman–Crippen LogP) is 5.23. The number of hydrogen-bond acceptors (Lipinski definition) is 8. The van der Waals surface area contributed by atoms with Gasteiger partial charge in [0, 0.05) is 18.8 Å². The molecule has 0 spiro atoms. The minimum Gasteiger partial charge on any atom is -0.453 e. The summed E-state index contributed by atoms with van der Waals surface area (Å²) in [4.78, 5) is 45.0. The van der Waals surface area contributed by atoms with Crippen LogP contribution in [-0.4, -0.2) is 68.6 Å². The quantitative estimate of drug-likeness (QED) is 0.118. The Labute approximate surface area is 292 Å². The summed E-state index contributed by atoms with van der Waals surface area (Å²) >= 11 is 0. The third-order valence-electron chi connectivity index (χ3n) is 9.02. The third-order valence-corrected chi connectivity index (χ3v) is 9.02. The molecule has 3 amide bonds. The van der Waals surface area contributed by atoms with Crippen LogP contribution in [0.1, 0.15) is 55.5 Å². The molecule has 0 radical (unpaired) electrons. The van der Waals surface area contributed by atoms with Crippen LogP contribution in [0.4, 0.5) is 4.79 Å². The molecular weight excluding hydrogens is 634 g/mol. The Morgan fingerprint density at radius 1 is 0.920 bits per heavy atom. The van der Waals surface area contributed by atoms with Gasteiger partial charge in [-0.2, -0.15) is 0 Å². The number of nitrogens with one attached hydrogen (secondary N) is 2. The van der Waals surface area contributed by atoms with Crippen molar-refractivity contribution in [3.05, 3.63) is 126 Å². The van der Waals surface area contributed by atoms with E-state index >= 15 is 0 Å². The van der Waals surface area contributed by atoms with E-state index in [0.717, 1.165) is 27.8 Å². The van der Waals surface area contributed by atoms with Crippen LogP contribution in [0.25, 0.3) is 11.1 Å². The van der Waals surface area contributed by atoms with Crippen LogP contribution in [0.3, 0.4) is 0 Å². The number of aromatic nitrogens is 1. The first-order valence-electron chi connectivity index (χ1n) is 16.6. The summed E-state index contributed by atoms with van der Waals surface area (Å²) in [6.45, 7) is 5.02. The van der Waals surface area contributed by atoms with E-state index in [1.807, 2.05) is 87.5 Å². The van der Waals surface area contributed by atoms with Crippen molar-refractivity contribution in [2.45, 2.75) is 64.3 Å². The Bertz CT molecular complexity index is 1760. The zero-order valence-corrected chi connectivity index (χ0v) is 28.9. The highest BCUT2D eigenvalue weighted by Crippen LogP contribution is 2.36. The van der Waals surface area contributed by atoms with Crippen molar-refractivity contribution in [2.24, 2.45) is 5.41 Å². The average molecular weight is 680 g/mol. The van der Waals surface area contributed by atoms with Crippen molar-refractivity contribution in [2.75, 3.05) is 13.7 Å². The van der Waals surface area contributed by atoms with E-state index in [1.165, 1.54) is 12.1 Å². The number of fused-ring (bicyclic) bond motifs is 1. The van der Waals surface area contributed by atoms with Gasteiger partial charge in [-0.25, -0.2) is 15.3 Å². The van der Waals surface area contributed by atoms with Gasteiger partial charge in [-0.15, -0.1) is 0 Å². The minimum absolute atomic E-state index is 0.0238. The number of amides is 3. The zero-order chi connectivity index (χ0) is 35.9. The molecule has 0 aliphatic heterocycles. The lowest BCUT2D eigenvalue weighted by atomic mass is 9.86. The second-order valence-electron chi connectivity index (χ2n) is 13.7. The number of hydrogen-bond donors (Lipinski definition) is 4. The highest BCUT2D eigenvalue weighted by molar-refractivity contribution is 5.87. The Morgan fingerprint density at radius 3 is 2.28 bits per heavy atom. The summed E-state index contributed by atoms with van der Waals surface area (Å²) in [6.07, 6.45) is 3.73. The number of alkyl carbamates (subject to hydrolysis) is 1. The molecular formula is C39H45N5O6. The number of hydroxylamine groups is 2. The number of carbonyl (C=O) groups excluding carboxylic acids is 3. The molecule has 0 fully saturated rings. The number of ether oxygens (including phenoxy) is 1. The molecule has 4 aromatic rings. The number of rotatable bonds is 12. The molecule has 0 saturated heterocycles. The number of pyridine rings is 1. The summed E-state index contributed by atoms with van der Waals surface area (Å²) in [5, 5.41) is 28.2. The Balaban J connectivity index is 1.46. The van der Waals surface area contributed by atoms with Crippen LogP contribution >= 0.6 is 0 Å². The Kier molecular flexibility index (Phi) is 11.3. The van der Waals surface area contributed by atoms with Gasteiger partial charge >= 0.3 is 6.09 Å². The number of methoxy groups -OCH3 is 1. The van der Waals surface area contributed by atoms with Crippen molar-refractivity contribution in [1.29, 1.82) is 0 Å². The van der Waals surface area contributed by atoms with Crippen molar-refractivity contribution in [1.82, 2.24) is 25.8 Å². The number of nitrogens with zero attached hydrogens (tertiary/aromatic N) is 3. The maximum Gasteiger partial charge on any atom is 0.407 e. The number of carbonyl (C=O) groups is 3. The van der Waals surface area contributed by atoms with E-state index in [9.17, 15) is 24.7 Å². The molecule has 5 rings (SSSR count). The molecule has 0 saturated carbocycles. The van der Waals surface area contributed by atoms with Gasteiger partial charge in [0.25, 0.3) is 11.8 Å². The monoisotopic (exact) mass is 679 g/mol. The highest BCUT2D eigenvalue weighted by Gasteiger charge is 2.44. The van der Waals surface area contributed by atoms with Gasteiger partial charge in [0.1, 0.15) is 6.04 Å². The van der Waals surface area contributed by atoms with Crippen LogP contribution in [0.15, 0.2) is 103 Å². The Hall–Kier alpha value is -5.10. The SMILES string of the molecule is COC(=O)N[C@H](C(=O)N(Cc1ccc(-c2cccnc2)cc1)NC[C@@](O)(Cc1ccccc1)C(=O)N(O)C1CCc2ccccc21)C(C)(C)C. The van der Waals surface area contributed by atoms with Crippen molar-refractivity contribution < 1.29 is 29.4 Å². The lowest BCUT2D eigenvalue weighted by Crippen LogP contribution is -2.62. The molecule has 4 N–H and O–H groups in total. The van der Waals surface area contributed by atoms with Crippen molar-refractivity contribution in [3.63, 3.8) is 0 Å².